The molecule has 0 spiro atoms. The fourth-order valence-electron chi connectivity index (χ4n) is 0.538. The van der Waals surface area contributed by atoms with E-state index in [1.807, 2.05) is 18.4 Å². The van der Waals surface area contributed by atoms with Crippen molar-refractivity contribution in [2.45, 2.75) is 0 Å². The molecule has 0 unspecified atom stereocenters. The lowest BCUT2D eigenvalue weighted by atomic mass is 10.4. The van der Waals surface area contributed by atoms with E-state index in [0.717, 1.165) is 11.0 Å². The summed E-state index contributed by atoms with van der Waals surface area (Å²) in [6.45, 7) is 0.774. The minimum atomic E-state index is 0.774. The van der Waals surface area contributed by atoms with Crippen molar-refractivity contribution in [2.24, 2.45) is 5.84 Å². The average Bonchev–Trinajstić information content (AvgIpc) is 1.64. The molecule has 1 aliphatic heterocycles. The number of halogens is 1. The van der Waals surface area contributed by atoms with Gasteiger partial charge in [0.25, 0.3) is 0 Å². The second kappa shape index (κ2) is 2.33. The molecular formula is C5H7BrN2. The van der Waals surface area contributed by atoms with Gasteiger partial charge in [-0.25, -0.2) is 5.84 Å². The number of rotatable bonds is 0. The third kappa shape index (κ3) is 1.35. The summed E-state index contributed by atoms with van der Waals surface area (Å²) >= 11 is 3.32. The number of nitrogens with two attached hydrogens (primary N) is 1. The first-order chi connectivity index (χ1) is 3.79. The number of hydrogen-bond donors (Lipinski definition) is 1. The zero-order valence-corrected chi connectivity index (χ0v) is 5.93. The van der Waals surface area contributed by atoms with Crippen LogP contribution in [0.2, 0.25) is 0 Å². The fourth-order valence-corrected chi connectivity index (χ4v) is 0.980. The second-order valence-electron chi connectivity index (χ2n) is 1.63. The second-order valence-corrected chi connectivity index (χ2v) is 2.65. The Kier molecular flexibility index (Phi) is 1.70. The summed E-state index contributed by atoms with van der Waals surface area (Å²) in [5.74, 6) is 5.40. The van der Waals surface area contributed by atoms with Crippen LogP contribution in [-0.4, -0.2) is 11.6 Å². The molecule has 3 heteroatoms. The average molecular weight is 175 g/mol. The maximum absolute atomic E-state index is 5.40. The van der Waals surface area contributed by atoms with Crippen LogP contribution in [0.5, 0.6) is 0 Å². The van der Waals surface area contributed by atoms with Gasteiger partial charge >= 0.3 is 0 Å². The largest absolute Gasteiger partial charge is 0.313 e. The van der Waals surface area contributed by atoms with Crippen molar-refractivity contribution in [3.05, 3.63) is 22.8 Å². The van der Waals surface area contributed by atoms with Crippen LogP contribution in [0.4, 0.5) is 0 Å². The molecule has 2 nitrogen and oxygen atoms in total. The molecule has 0 bridgehead atoms. The first-order valence-electron chi connectivity index (χ1n) is 2.33. The first kappa shape index (κ1) is 5.85. The van der Waals surface area contributed by atoms with Gasteiger partial charge in [-0.15, -0.1) is 0 Å². The van der Waals surface area contributed by atoms with Gasteiger partial charge in [-0.3, -0.25) is 0 Å². The molecule has 0 saturated carbocycles. The Morgan fingerprint density at radius 3 is 2.88 bits per heavy atom. The van der Waals surface area contributed by atoms with Crippen molar-refractivity contribution in [3.8, 4) is 0 Å². The summed E-state index contributed by atoms with van der Waals surface area (Å²) in [6.07, 6.45) is 5.70. The van der Waals surface area contributed by atoms with E-state index in [1.54, 1.807) is 5.01 Å². The Morgan fingerprint density at radius 2 is 2.50 bits per heavy atom. The molecule has 0 radical (unpaired) electrons. The molecule has 0 amide bonds. The maximum atomic E-state index is 5.40. The van der Waals surface area contributed by atoms with Crippen LogP contribution in [-0.2, 0) is 0 Å². The van der Waals surface area contributed by atoms with Gasteiger partial charge in [0.1, 0.15) is 0 Å². The highest BCUT2D eigenvalue weighted by Gasteiger charge is 1.97. The Labute approximate surface area is 56.8 Å². The van der Waals surface area contributed by atoms with E-state index >= 15 is 0 Å². The van der Waals surface area contributed by atoms with Crippen LogP contribution in [0.25, 0.3) is 0 Å². The number of allylic oxidation sites excluding steroid dienone is 2. The van der Waals surface area contributed by atoms with Crippen LogP contribution in [0.1, 0.15) is 0 Å². The molecule has 0 atom stereocenters. The molecule has 1 aliphatic rings. The topological polar surface area (TPSA) is 29.3 Å². The molecule has 44 valence electrons. The predicted molar refractivity (Wildman–Crippen MR) is 37.0 cm³/mol. The zero-order valence-electron chi connectivity index (χ0n) is 4.34. The highest BCUT2D eigenvalue weighted by Crippen LogP contribution is 2.09. The molecule has 2 N–H and O–H groups in total. The Hall–Kier alpha value is -0.280. The van der Waals surface area contributed by atoms with E-state index < -0.39 is 0 Å². The molecule has 0 aliphatic carbocycles. The van der Waals surface area contributed by atoms with E-state index in [1.165, 1.54) is 0 Å². The minimum Gasteiger partial charge on any atom is -0.313 e. The zero-order chi connectivity index (χ0) is 5.98. The third-order valence-corrected chi connectivity index (χ3v) is 1.40. The minimum absolute atomic E-state index is 0.774. The van der Waals surface area contributed by atoms with Gasteiger partial charge < -0.3 is 5.01 Å². The maximum Gasteiger partial charge on any atom is 0.0650 e. The molecular weight excluding hydrogens is 168 g/mol. The van der Waals surface area contributed by atoms with Gasteiger partial charge in [0, 0.05) is 10.7 Å². The van der Waals surface area contributed by atoms with E-state index in [0.29, 0.717) is 0 Å². The molecule has 0 fully saturated rings. The monoisotopic (exact) mass is 174 g/mol. The van der Waals surface area contributed by atoms with E-state index in [-0.39, 0.29) is 0 Å². The molecule has 1 heterocycles. The molecule has 0 aromatic rings. The van der Waals surface area contributed by atoms with Crippen LogP contribution >= 0.6 is 15.9 Å². The number of nitrogens with zero attached hydrogens (tertiary/aromatic N) is 1. The van der Waals surface area contributed by atoms with Crippen molar-refractivity contribution in [1.82, 2.24) is 5.01 Å². The molecule has 8 heavy (non-hydrogen) atoms. The number of hydrazine groups is 1. The van der Waals surface area contributed by atoms with Gasteiger partial charge in [-0.05, 0) is 12.2 Å². The van der Waals surface area contributed by atoms with Crippen LogP contribution in [0.15, 0.2) is 22.8 Å². The lowest BCUT2D eigenvalue weighted by molar-refractivity contribution is 0.432. The molecule has 0 saturated heterocycles. The van der Waals surface area contributed by atoms with Gasteiger partial charge in [-0.1, -0.05) is 15.9 Å². The van der Waals surface area contributed by atoms with Crippen molar-refractivity contribution >= 4 is 15.9 Å². The first-order valence-corrected chi connectivity index (χ1v) is 3.12. The summed E-state index contributed by atoms with van der Waals surface area (Å²) in [6, 6.07) is 0. The molecule has 1 rings (SSSR count). The predicted octanol–water partition coefficient (Wildman–Crippen LogP) is 0.968. The van der Waals surface area contributed by atoms with Crippen LogP contribution in [0, 0.1) is 0 Å². The standard InChI is InChI=1S/C5H7BrN2/c6-5-2-1-3-8(7)4-5/h1-3H,4,7H2. The van der Waals surface area contributed by atoms with Crippen molar-refractivity contribution < 1.29 is 0 Å². The Morgan fingerprint density at radius 1 is 1.75 bits per heavy atom. The quantitative estimate of drug-likeness (QED) is 0.555. The van der Waals surface area contributed by atoms with E-state index in [9.17, 15) is 0 Å². The summed E-state index contributed by atoms with van der Waals surface area (Å²) in [4.78, 5) is 0. The Bertz CT molecular complexity index is 139. The number of hydrogen-bond acceptors (Lipinski definition) is 2. The summed E-state index contributed by atoms with van der Waals surface area (Å²) < 4.78 is 1.11. The Balaban J connectivity index is 2.59. The third-order valence-electron chi connectivity index (χ3n) is 0.888. The van der Waals surface area contributed by atoms with Crippen molar-refractivity contribution in [2.75, 3.05) is 6.54 Å². The molecule has 0 aromatic carbocycles. The van der Waals surface area contributed by atoms with Crippen LogP contribution in [0.3, 0.4) is 0 Å². The van der Waals surface area contributed by atoms with Crippen molar-refractivity contribution in [1.29, 1.82) is 0 Å². The highest BCUT2D eigenvalue weighted by molar-refractivity contribution is 9.11. The fraction of sp³-hybridized carbons (Fsp3) is 0.200. The lowest BCUT2D eigenvalue weighted by Gasteiger charge is -2.14. The van der Waals surface area contributed by atoms with Gasteiger partial charge in [0.2, 0.25) is 0 Å². The SMILES string of the molecule is NN1C=CC=C(Br)C1. The summed E-state index contributed by atoms with van der Waals surface area (Å²) in [7, 11) is 0. The van der Waals surface area contributed by atoms with Gasteiger partial charge in [-0.2, -0.15) is 0 Å². The highest BCUT2D eigenvalue weighted by atomic mass is 79.9. The van der Waals surface area contributed by atoms with E-state index in [4.69, 9.17) is 5.84 Å². The van der Waals surface area contributed by atoms with Crippen molar-refractivity contribution in [3.63, 3.8) is 0 Å². The lowest BCUT2D eigenvalue weighted by Crippen LogP contribution is -2.27. The normalized spacial score (nSPS) is 18.8. The van der Waals surface area contributed by atoms with Gasteiger partial charge in [0.15, 0.2) is 0 Å². The smallest absolute Gasteiger partial charge is 0.0650 e. The summed E-state index contributed by atoms with van der Waals surface area (Å²) in [5.41, 5.74) is 0. The van der Waals surface area contributed by atoms with Gasteiger partial charge in [0.05, 0.1) is 6.54 Å². The van der Waals surface area contributed by atoms with E-state index in [2.05, 4.69) is 15.9 Å². The molecule has 0 aromatic heterocycles. The van der Waals surface area contributed by atoms with Crippen LogP contribution < -0.4 is 5.84 Å². The summed E-state index contributed by atoms with van der Waals surface area (Å²) in [5, 5.41) is 1.62.